The third-order valence-electron chi connectivity index (χ3n) is 5.13. The number of pyridine rings is 1. The van der Waals surface area contributed by atoms with Crippen molar-refractivity contribution in [2.24, 2.45) is 0 Å². The number of rotatable bonds is 5. The second-order valence-electron chi connectivity index (χ2n) is 8.67. The summed E-state index contributed by atoms with van der Waals surface area (Å²) in [5.41, 5.74) is 0.962. The zero-order chi connectivity index (χ0) is 23.3. The van der Waals surface area contributed by atoms with E-state index in [0.717, 1.165) is 11.1 Å². The number of nitrogens with zero attached hydrogens (tertiary/aromatic N) is 4. The Bertz CT molecular complexity index is 919. The summed E-state index contributed by atoms with van der Waals surface area (Å²) in [6.07, 6.45) is 5.89. The molecule has 0 unspecified atom stereocenters. The summed E-state index contributed by atoms with van der Waals surface area (Å²) in [6, 6.07) is 3.49. The third kappa shape index (κ3) is 6.05. The van der Waals surface area contributed by atoms with Gasteiger partial charge in [0.25, 0.3) is 0 Å². The van der Waals surface area contributed by atoms with E-state index < -0.39 is 17.8 Å². The second-order valence-corrected chi connectivity index (χ2v) is 8.67. The molecule has 2 heterocycles. The Hall–Kier alpha value is -3.43. The van der Waals surface area contributed by atoms with Gasteiger partial charge in [-0.3, -0.25) is 4.90 Å². The quantitative estimate of drug-likeness (QED) is 0.713. The minimum atomic E-state index is -1.05. The van der Waals surface area contributed by atoms with Gasteiger partial charge in [0.05, 0.1) is 7.11 Å². The molecule has 10 heteroatoms. The number of nitrogens with one attached hydrogen (secondary N) is 1. The summed E-state index contributed by atoms with van der Waals surface area (Å²) in [5.74, 6) is 0.360. The summed E-state index contributed by atoms with van der Waals surface area (Å²) in [4.78, 5) is 37.8. The number of anilines is 1. The fourth-order valence-electron chi connectivity index (χ4n) is 3.66. The first kappa shape index (κ1) is 23.2. The van der Waals surface area contributed by atoms with Crippen molar-refractivity contribution >= 4 is 18.0 Å². The smallest absolute Gasteiger partial charge is 0.413 e. The normalized spacial score (nSPS) is 18.5. The molecule has 1 saturated carbocycles. The predicted octanol–water partition coefficient (Wildman–Crippen LogP) is 3.87. The van der Waals surface area contributed by atoms with Gasteiger partial charge in [0.15, 0.2) is 0 Å². The SMILES string of the molecule is COc1ncc(-c2ccc(N(C(=O)O)[C@H]3CC[C@H](NC(=O)OC(C)(C)C)CC3)nc2)cn1. The van der Waals surface area contributed by atoms with E-state index in [1.165, 1.54) is 12.0 Å². The highest BCUT2D eigenvalue weighted by atomic mass is 16.6. The lowest BCUT2D eigenvalue weighted by molar-refractivity contribution is 0.0490. The summed E-state index contributed by atoms with van der Waals surface area (Å²) in [5, 5.41) is 12.7. The van der Waals surface area contributed by atoms with Crippen molar-refractivity contribution in [1.82, 2.24) is 20.3 Å². The Morgan fingerprint density at radius 3 is 2.16 bits per heavy atom. The third-order valence-corrected chi connectivity index (χ3v) is 5.13. The standard InChI is InChI=1S/C22H29N5O5/c1-22(2,3)32-20(28)26-16-6-8-17(9-7-16)27(21(29)30)18-10-5-14(11-23-18)15-12-24-19(31-4)25-13-15/h5,10-13,16-17H,6-9H2,1-4H3,(H,26,28)(H,29,30)/t16-,17-. The average molecular weight is 444 g/mol. The first-order valence-electron chi connectivity index (χ1n) is 10.5. The lowest BCUT2D eigenvalue weighted by Crippen LogP contribution is -2.47. The molecule has 0 bridgehead atoms. The van der Waals surface area contributed by atoms with E-state index in [-0.39, 0.29) is 18.1 Å². The molecule has 0 radical (unpaired) electrons. The van der Waals surface area contributed by atoms with Crippen LogP contribution < -0.4 is 15.0 Å². The first-order chi connectivity index (χ1) is 15.2. The van der Waals surface area contributed by atoms with Crippen molar-refractivity contribution < 1.29 is 24.2 Å². The van der Waals surface area contributed by atoms with Crippen LogP contribution in [0.15, 0.2) is 30.7 Å². The number of methoxy groups -OCH3 is 1. The number of carboxylic acid groups (broad SMARTS) is 1. The Kier molecular flexibility index (Phi) is 7.12. The average Bonchev–Trinajstić information content (AvgIpc) is 2.74. The second kappa shape index (κ2) is 9.80. The van der Waals surface area contributed by atoms with Crippen LogP contribution in [0.4, 0.5) is 15.4 Å². The van der Waals surface area contributed by atoms with Crippen LogP contribution in [0.2, 0.25) is 0 Å². The van der Waals surface area contributed by atoms with Crippen LogP contribution in [0.5, 0.6) is 6.01 Å². The molecule has 1 aliphatic rings. The van der Waals surface area contributed by atoms with Gasteiger partial charge >= 0.3 is 18.2 Å². The van der Waals surface area contributed by atoms with E-state index >= 15 is 0 Å². The van der Waals surface area contributed by atoms with E-state index in [2.05, 4.69) is 20.3 Å². The van der Waals surface area contributed by atoms with E-state index in [9.17, 15) is 14.7 Å². The van der Waals surface area contributed by atoms with Crippen molar-refractivity contribution in [2.75, 3.05) is 12.0 Å². The summed E-state index contributed by atoms with van der Waals surface area (Å²) < 4.78 is 10.3. The van der Waals surface area contributed by atoms with Crippen LogP contribution >= 0.6 is 0 Å². The fourth-order valence-corrected chi connectivity index (χ4v) is 3.66. The molecule has 0 atom stereocenters. The Morgan fingerprint density at radius 2 is 1.66 bits per heavy atom. The molecule has 1 fully saturated rings. The van der Waals surface area contributed by atoms with E-state index in [1.807, 2.05) is 20.8 Å². The molecule has 2 aromatic heterocycles. The van der Waals surface area contributed by atoms with Gasteiger partial charge in [0.1, 0.15) is 11.4 Å². The fraction of sp³-hybridized carbons (Fsp3) is 0.500. The zero-order valence-corrected chi connectivity index (χ0v) is 18.7. The maximum atomic E-state index is 12.0. The van der Waals surface area contributed by atoms with Gasteiger partial charge in [-0.1, -0.05) is 0 Å². The van der Waals surface area contributed by atoms with Gasteiger partial charge in [-0.15, -0.1) is 0 Å². The van der Waals surface area contributed by atoms with Crippen molar-refractivity contribution in [3.63, 3.8) is 0 Å². The van der Waals surface area contributed by atoms with Crippen LogP contribution in [-0.4, -0.2) is 57.0 Å². The van der Waals surface area contributed by atoms with Gasteiger partial charge in [-0.25, -0.2) is 24.5 Å². The lowest BCUT2D eigenvalue weighted by atomic mass is 9.90. The molecule has 0 aliphatic heterocycles. The van der Waals surface area contributed by atoms with Crippen molar-refractivity contribution in [2.45, 2.75) is 64.1 Å². The molecule has 0 aromatic carbocycles. The monoisotopic (exact) mass is 443 g/mol. The summed E-state index contributed by atoms with van der Waals surface area (Å²) in [7, 11) is 1.49. The molecule has 10 nitrogen and oxygen atoms in total. The largest absolute Gasteiger partial charge is 0.467 e. The van der Waals surface area contributed by atoms with Gasteiger partial charge < -0.3 is 19.9 Å². The molecule has 2 N–H and O–H groups in total. The summed E-state index contributed by atoms with van der Waals surface area (Å²) in [6.45, 7) is 5.44. The molecular weight excluding hydrogens is 414 g/mol. The van der Waals surface area contributed by atoms with Crippen LogP contribution in [0.25, 0.3) is 11.1 Å². The molecule has 1 aliphatic carbocycles. The van der Waals surface area contributed by atoms with Crippen LogP contribution in [0.3, 0.4) is 0 Å². The number of carbonyl (C=O) groups excluding carboxylic acids is 1. The van der Waals surface area contributed by atoms with Crippen LogP contribution in [0.1, 0.15) is 46.5 Å². The van der Waals surface area contributed by atoms with Gasteiger partial charge in [0, 0.05) is 41.8 Å². The van der Waals surface area contributed by atoms with Gasteiger partial charge in [-0.05, 0) is 58.6 Å². The maximum absolute atomic E-state index is 12.0. The number of amides is 2. The van der Waals surface area contributed by atoms with Gasteiger partial charge in [0.2, 0.25) is 0 Å². The van der Waals surface area contributed by atoms with E-state index in [1.54, 1.807) is 30.7 Å². The highest BCUT2D eigenvalue weighted by Crippen LogP contribution is 2.28. The van der Waals surface area contributed by atoms with E-state index in [0.29, 0.717) is 31.5 Å². The maximum Gasteiger partial charge on any atom is 0.413 e. The number of carbonyl (C=O) groups is 2. The molecule has 0 saturated heterocycles. The number of hydrogen-bond acceptors (Lipinski definition) is 7. The Labute approximate surface area is 187 Å². The Balaban J connectivity index is 1.63. The molecule has 2 aromatic rings. The number of aromatic nitrogens is 3. The van der Waals surface area contributed by atoms with Crippen molar-refractivity contribution in [3.05, 3.63) is 30.7 Å². The lowest BCUT2D eigenvalue weighted by Gasteiger charge is -2.35. The molecule has 3 rings (SSSR count). The topological polar surface area (TPSA) is 127 Å². The van der Waals surface area contributed by atoms with Crippen LogP contribution in [-0.2, 0) is 4.74 Å². The molecule has 32 heavy (non-hydrogen) atoms. The molecule has 172 valence electrons. The van der Waals surface area contributed by atoms with Crippen LogP contribution in [0, 0.1) is 0 Å². The highest BCUT2D eigenvalue weighted by Gasteiger charge is 2.31. The molecular formula is C22H29N5O5. The molecule has 2 amide bonds. The highest BCUT2D eigenvalue weighted by molar-refractivity contribution is 5.85. The predicted molar refractivity (Wildman–Crippen MR) is 118 cm³/mol. The number of alkyl carbamates (subject to hydrolysis) is 1. The Morgan fingerprint density at radius 1 is 1.03 bits per heavy atom. The minimum absolute atomic E-state index is 0.0397. The van der Waals surface area contributed by atoms with Crippen molar-refractivity contribution in [3.8, 4) is 17.1 Å². The number of hydrogen-bond donors (Lipinski definition) is 2. The first-order valence-corrected chi connectivity index (χ1v) is 10.5. The minimum Gasteiger partial charge on any atom is -0.467 e. The number of ether oxygens (including phenoxy) is 2. The zero-order valence-electron chi connectivity index (χ0n) is 18.7. The van der Waals surface area contributed by atoms with Gasteiger partial charge in [-0.2, -0.15) is 0 Å². The summed E-state index contributed by atoms with van der Waals surface area (Å²) >= 11 is 0. The van der Waals surface area contributed by atoms with E-state index in [4.69, 9.17) is 9.47 Å². The molecule has 0 spiro atoms. The van der Waals surface area contributed by atoms with Crippen molar-refractivity contribution in [1.29, 1.82) is 0 Å².